The highest BCUT2D eigenvalue weighted by Gasteiger charge is 2.39. The molecule has 1 aromatic heterocycles. The van der Waals surface area contributed by atoms with Crippen LogP contribution < -0.4 is 5.32 Å². The minimum absolute atomic E-state index is 0.112. The second kappa shape index (κ2) is 8.93. The minimum atomic E-state index is -1.31. The average Bonchev–Trinajstić information content (AvgIpc) is 2.66. The number of nitrogens with zero attached hydrogens (tertiary/aromatic N) is 2. The van der Waals surface area contributed by atoms with E-state index in [0.717, 1.165) is 31.4 Å². The lowest BCUT2D eigenvalue weighted by Gasteiger charge is -2.36. The summed E-state index contributed by atoms with van der Waals surface area (Å²) >= 11 is 0. The predicted octanol–water partition coefficient (Wildman–Crippen LogP) is 1.43. The standard InChI is InChI=1S/C21H31N3O3/c1-16(25)15-24-13-10-21(27,11-14-24)20(26)22-12-4-6-18-9-8-17-5-2-3-7-19(17)23-18/h8-9,27H,2-7,10-15H2,1H3,(H,22,26). The fourth-order valence-electron chi connectivity index (χ4n) is 4.03. The zero-order valence-corrected chi connectivity index (χ0v) is 16.3. The van der Waals surface area contributed by atoms with Crippen molar-refractivity contribution < 1.29 is 14.7 Å². The molecule has 27 heavy (non-hydrogen) atoms. The maximum absolute atomic E-state index is 12.4. The first kappa shape index (κ1) is 20.0. The lowest BCUT2D eigenvalue weighted by atomic mass is 9.90. The monoisotopic (exact) mass is 373 g/mol. The highest BCUT2D eigenvalue weighted by Crippen LogP contribution is 2.22. The van der Waals surface area contributed by atoms with Gasteiger partial charge in [0.15, 0.2) is 0 Å². The Kier molecular flexibility index (Phi) is 6.60. The Morgan fingerprint density at radius 1 is 1.22 bits per heavy atom. The molecule has 2 aliphatic rings. The Morgan fingerprint density at radius 2 is 1.96 bits per heavy atom. The number of carbonyl (C=O) groups excluding carboxylic acids is 2. The zero-order valence-electron chi connectivity index (χ0n) is 16.3. The number of carbonyl (C=O) groups is 2. The van der Waals surface area contributed by atoms with Gasteiger partial charge < -0.3 is 10.4 Å². The fourth-order valence-corrected chi connectivity index (χ4v) is 4.03. The molecule has 0 unspecified atom stereocenters. The number of hydrogen-bond donors (Lipinski definition) is 2. The number of rotatable bonds is 7. The van der Waals surface area contributed by atoms with Crippen molar-refractivity contribution in [2.45, 2.75) is 63.9 Å². The number of likely N-dealkylation sites (tertiary alicyclic amines) is 1. The SMILES string of the molecule is CC(=O)CN1CCC(O)(C(=O)NCCCc2ccc3c(n2)CCCC3)CC1. The summed E-state index contributed by atoms with van der Waals surface area (Å²) in [7, 11) is 0. The number of aryl methyl sites for hydroxylation is 3. The van der Waals surface area contributed by atoms with E-state index < -0.39 is 5.60 Å². The summed E-state index contributed by atoms with van der Waals surface area (Å²) in [6, 6.07) is 4.30. The maximum atomic E-state index is 12.4. The largest absolute Gasteiger partial charge is 0.380 e. The molecular weight excluding hydrogens is 342 g/mol. The Morgan fingerprint density at radius 3 is 2.70 bits per heavy atom. The van der Waals surface area contributed by atoms with Gasteiger partial charge in [-0.15, -0.1) is 0 Å². The topological polar surface area (TPSA) is 82.5 Å². The van der Waals surface area contributed by atoms with Gasteiger partial charge in [-0.05, 0) is 69.9 Å². The molecule has 1 aliphatic heterocycles. The second-order valence-electron chi connectivity index (χ2n) is 7.98. The summed E-state index contributed by atoms with van der Waals surface area (Å²) in [4.78, 5) is 30.3. The molecule has 0 bridgehead atoms. The van der Waals surface area contributed by atoms with Gasteiger partial charge >= 0.3 is 0 Å². The fraction of sp³-hybridized carbons (Fsp3) is 0.667. The first-order valence-corrected chi connectivity index (χ1v) is 10.2. The molecular formula is C21H31N3O3. The molecule has 1 saturated heterocycles. The number of ketones is 1. The van der Waals surface area contributed by atoms with Crippen LogP contribution in [0.3, 0.4) is 0 Å². The summed E-state index contributed by atoms with van der Waals surface area (Å²) in [6.07, 6.45) is 7.09. The van der Waals surface area contributed by atoms with E-state index in [-0.39, 0.29) is 11.7 Å². The summed E-state index contributed by atoms with van der Waals surface area (Å²) in [5, 5.41) is 13.5. The number of aromatic nitrogens is 1. The number of piperidine rings is 1. The smallest absolute Gasteiger partial charge is 0.252 e. The lowest BCUT2D eigenvalue weighted by Crippen LogP contribution is -2.54. The summed E-state index contributed by atoms with van der Waals surface area (Å²) in [5.41, 5.74) is 2.41. The van der Waals surface area contributed by atoms with Gasteiger partial charge in [0, 0.05) is 31.0 Å². The molecule has 6 nitrogen and oxygen atoms in total. The quantitative estimate of drug-likeness (QED) is 0.707. The third-order valence-corrected chi connectivity index (χ3v) is 5.68. The molecule has 3 rings (SSSR count). The van der Waals surface area contributed by atoms with Crippen molar-refractivity contribution in [2.75, 3.05) is 26.2 Å². The van der Waals surface area contributed by atoms with Crippen molar-refractivity contribution in [3.05, 3.63) is 29.1 Å². The number of pyridine rings is 1. The van der Waals surface area contributed by atoms with E-state index in [2.05, 4.69) is 17.4 Å². The highest BCUT2D eigenvalue weighted by molar-refractivity contribution is 5.85. The van der Waals surface area contributed by atoms with E-state index in [1.165, 1.54) is 24.1 Å². The van der Waals surface area contributed by atoms with Gasteiger partial charge in [-0.3, -0.25) is 19.5 Å². The normalized spacial score (nSPS) is 19.3. The van der Waals surface area contributed by atoms with Crippen LogP contribution in [0.25, 0.3) is 0 Å². The minimum Gasteiger partial charge on any atom is -0.380 e. The van der Waals surface area contributed by atoms with Gasteiger partial charge in [-0.2, -0.15) is 0 Å². The van der Waals surface area contributed by atoms with Crippen LogP contribution in [0.15, 0.2) is 12.1 Å². The summed E-state index contributed by atoms with van der Waals surface area (Å²) in [5.74, 6) is -0.177. The van der Waals surface area contributed by atoms with Crippen LogP contribution in [-0.2, 0) is 28.9 Å². The Bertz CT molecular complexity index is 681. The number of aliphatic hydroxyl groups is 1. The molecule has 0 radical (unpaired) electrons. The molecule has 2 N–H and O–H groups in total. The average molecular weight is 373 g/mol. The number of Topliss-reactive ketones (excluding diaryl/α,β-unsaturated/α-hetero) is 1. The predicted molar refractivity (Wildman–Crippen MR) is 104 cm³/mol. The number of amides is 1. The van der Waals surface area contributed by atoms with Gasteiger partial charge in [0.05, 0.1) is 6.54 Å². The molecule has 0 spiro atoms. The van der Waals surface area contributed by atoms with Crippen LogP contribution in [0.5, 0.6) is 0 Å². The van der Waals surface area contributed by atoms with Crippen LogP contribution in [0.4, 0.5) is 0 Å². The van der Waals surface area contributed by atoms with E-state index >= 15 is 0 Å². The number of fused-ring (bicyclic) bond motifs is 1. The molecule has 1 amide bonds. The van der Waals surface area contributed by atoms with Crippen molar-refractivity contribution >= 4 is 11.7 Å². The van der Waals surface area contributed by atoms with Crippen molar-refractivity contribution in [1.82, 2.24) is 15.2 Å². The third kappa shape index (κ3) is 5.36. The van der Waals surface area contributed by atoms with Crippen LogP contribution >= 0.6 is 0 Å². The first-order chi connectivity index (χ1) is 13.0. The molecule has 6 heteroatoms. The number of nitrogens with one attached hydrogen (secondary N) is 1. The first-order valence-electron chi connectivity index (χ1n) is 10.2. The van der Waals surface area contributed by atoms with E-state index in [1.807, 2.05) is 4.90 Å². The van der Waals surface area contributed by atoms with E-state index in [9.17, 15) is 14.7 Å². The van der Waals surface area contributed by atoms with E-state index in [0.29, 0.717) is 39.0 Å². The van der Waals surface area contributed by atoms with E-state index in [4.69, 9.17) is 4.98 Å². The van der Waals surface area contributed by atoms with Gasteiger partial charge in [0.25, 0.3) is 5.91 Å². The van der Waals surface area contributed by atoms with Crippen molar-refractivity contribution in [3.8, 4) is 0 Å². The highest BCUT2D eigenvalue weighted by atomic mass is 16.3. The Hall–Kier alpha value is -1.79. The van der Waals surface area contributed by atoms with Crippen LogP contribution in [-0.4, -0.2) is 58.5 Å². The molecule has 1 aliphatic carbocycles. The van der Waals surface area contributed by atoms with Gasteiger partial charge in [-0.1, -0.05) is 6.07 Å². The van der Waals surface area contributed by atoms with Crippen molar-refractivity contribution in [3.63, 3.8) is 0 Å². The summed E-state index contributed by atoms with van der Waals surface area (Å²) in [6.45, 7) is 3.64. The zero-order chi connectivity index (χ0) is 19.3. The van der Waals surface area contributed by atoms with Gasteiger partial charge in [0.2, 0.25) is 0 Å². The molecule has 0 aromatic carbocycles. The Labute approximate surface area is 161 Å². The summed E-state index contributed by atoms with van der Waals surface area (Å²) < 4.78 is 0. The molecule has 1 aromatic rings. The molecule has 148 valence electrons. The Balaban J connectivity index is 1.40. The molecule has 2 heterocycles. The van der Waals surface area contributed by atoms with Gasteiger partial charge in [0.1, 0.15) is 11.4 Å². The second-order valence-corrected chi connectivity index (χ2v) is 7.98. The maximum Gasteiger partial charge on any atom is 0.252 e. The molecule has 1 fully saturated rings. The lowest BCUT2D eigenvalue weighted by molar-refractivity contribution is -0.145. The van der Waals surface area contributed by atoms with Crippen LogP contribution in [0.1, 0.15) is 56.0 Å². The number of hydrogen-bond acceptors (Lipinski definition) is 5. The van der Waals surface area contributed by atoms with Crippen LogP contribution in [0, 0.1) is 0 Å². The van der Waals surface area contributed by atoms with E-state index in [1.54, 1.807) is 6.92 Å². The third-order valence-electron chi connectivity index (χ3n) is 5.68. The molecule has 0 saturated carbocycles. The van der Waals surface area contributed by atoms with Crippen molar-refractivity contribution in [2.24, 2.45) is 0 Å². The van der Waals surface area contributed by atoms with Gasteiger partial charge in [-0.25, -0.2) is 0 Å². The van der Waals surface area contributed by atoms with Crippen LogP contribution in [0.2, 0.25) is 0 Å². The molecule has 0 atom stereocenters. The van der Waals surface area contributed by atoms with Crippen molar-refractivity contribution in [1.29, 1.82) is 0 Å².